The van der Waals surface area contributed by atoms with E-state index in [-0.39, 0.29) is 0 Å². The quantitative estimate of drug-likeness (QED) is 0.462. The van der Waals surface area contributed by atoms with Crippen molar-refractivity contribution < 1.29 is 4.74 Å². The lowest BCUT2D eigenvalue weighted by Gasteiger charge is -2.27. The first kappa shape index (κ1) is 19.5. The minimum atomic E-state index is 0.605. The molecule has 0 bridgehead atoms. The van der Waals surface area contributed by atoms with Crippen LogP contribution >= 0.6 is 11.6 Å². The van der Waals surface area contributed by atoms with Gasteiger partial charge in [0.25, 0.3) is 0 Å². The van der Waals surface area contributed by atoms with Crippen LogP contribution in [0.5, 0.6) is 0 Å². The molecule has 1 N–H and O–H groups in total. The number of benzene rings is 2. The Balaban J connectivity index is 1.39. The van der Waals surface area contributed by atoms with Gasteiger partial charge < -0.3 is 19.5 Å². The summed E-state index contributed by atoms with van der Waals surface area (Å²) in [4.78, 5) is 16.5. The van der Waals surface area contributed by atoms with Gasteiger partial charge in [0, 0.05) is 41.5 Å². The summed E-state index contributed by atoms with van der Waals surface area (Å²) < 4.78 is 7.80. The van der Waals surface area contributed by atoms with Gasteiger partial charge in [0.05, 0.1) is 36.3 Å². The van der Waals surface area contributed by atoms with Crippen molar-refractivity contribution in [2.45, 2.75) is 18.9 Å². The monoisotopic (exact) mass is 446 g/mol. The molecule has 1 saturated carbocycles. The van der Waals surface area contributed by atoms with E-state index in [0.717, 1.165) is 41.4 Å². The number of hydrogen-bond acceptors (Lipinski definition) is 6. The predicted molar refractivity (Wildman–Crippen MR) is 127 cm³/mol. The number of anilines is 3. The van der Waals surface area contributed by atoms with Crippen LogP contribution in [0.2, 0.25) is 5.02 Å². The Kier molecular flexibility index (Phi) is 4.92. The lowest BCUT2D eigenvalue weighted by atomic mass is 10.1. The first-order valence-electron chi connectivity index (χ1n) is 10.9. The summed E-state index contributed by atoms with van der Waals surface area (Å²) in [6.45, 7) is 2.90. The largest absolute Gasteiger partial charge is 0.378 e. The average molecular weight is 447 g/mol. The van der Waals surface area contributed by atoms with Gasteiger partial charge in [0.15, 0.2) is 0 Å². The van der Waals surface area contributed by atoms with Gasteiger partial charge in [-0.3, -0.25) is 0 Å². The van der Waals surface area contributed by atoms with E-state index < -0.39 is 0 Å². The van der Waals surface area contributed by atoms with Crippen molar-refractivity contribution >= 4 is 40.1 Å². The molecule has 8 heteroatoms. The van der Waals surface area contributed by atoms with Crippen molar-refractivity contribution in [3.63, 3.8) is 0 Å². The summed E-state index contributed by atoms with van der Waals surface area (Å²) in [5.74, 6) is 1.44. The third kappa shape index (κ3) is 3.89. The van der Waals surface area contributed by atoms with Gasteiger partial charge in [-0.2, -0.15) is 4.98 Å². The van der Waals surface area contributed by atoms with Crippen molar-refractivity contribution in [1.29, 1.82) is 0 Å². The standard InChI is InChI=1S/C24H23ClN6O/c25-17-2-4-18(5-3-17)27-23-14-20(28-24(29-23)30-9-11-32-12-10-30)16-1-8-22-21(13-16)26-15-31(22)19-6-7-19/h1-5,8,13-15,19H,6-7,9-12H2,(H,27,28,29). The molecule has 2 aromatic carbocycles. The molecular formula is C24H23ClN6O. The Hall–Kier alpha value is -3.16. The maximum absolute atomic E-state index is 6.04. The molecule has 0 spiro atoms. The number of hydrogen-bond donors (Lipinski definition) is 1. The fraction of sp³-hybridized carbons (Fsp3) is 0.292. The maximum Gasteiger partial charge on any atom is 0.228 e. The molecule has 7 nitrogen and oxygen atoms in total. The first-order chi connectivity index (χ1) is 15.7. The van der Waals surface area contributed by atoms with Gasteiger partial charge in [0.2, 0.25) is 5.95 Å². The Morgan fingerprint density at radius 3 is 2.56 bits per heavy atom. The highest BCUT2D eigenvalue weighted by Gasteiger charge is 2.25. The molecule has 0 radical (unpaired) electrons. The van der Waals surface area contributed by atoms with E-state index in [2.05, 4.69) is 38.0 Å². The third-order valence-electron chi connectivity index (χ3n) is 5.94. The van der Waals surface area contributed by atoms with E-state index in [9.17, 15) is 0 Å². The number of imidazole rings is 1. The zero-order valence-corrected chi connectivity index (χ0v) is 18.3. The maximum atomic E-state index is 6.04. The molecule has 2 aromatic heterocycles. The second kappa shape index (κ2) is 8.07. The van der Waals surface area contributed by atoms with E-state index in [1.165, 1.54) is 18.4 Å². The van der Waals surface area contributed by atoms with Crippen LogP contribution in [0.4, 0.5) is 17.5 Å². The van der Waals surface area contributed by atoms with Gasteiger partial charge in [-0.25, -0.2) is 9.97 Å². The summed E-state index contributed by atoms with van der Waals surface area (Å²) in [5, 5.41) is 4.10. The lowest BCUT2D eigenvalue weighted by molar-refractivity contribution is 0.122. The minimum Gasteiger partial charge on any atom is -0.378 e. The van der Waals surface area contributed by atoms with Crippen molar-refractivity contribution in [1.82, 2.24) is 19.5 Å². The summed E-state index contributed by atoms with van der Waals surface area (Å²) in [7, 11) is 0. The van der Waals surface area contributed by atoms with Crippen LogP contribution in [0.15, 0.2) is 54.9 Å². The summed E-state index contributed by atoms with van der Waals surface area (Å²) in [6.07, 6.45) is 4.43. The average Bonchev–Trinajstić information content (AvgIpc) is 3.59. The van der Waals surface area contributed by atoms with Crippen LogP contribution in [-0.2, 0) is 4.74 Å². The number of halogens is 1. The molecule has 0 amide bonds. The first-order valence-corrected chi connectivity index (χ1v) is 11.3. The Morgan fingerprint density at radius 2 is 1.78 bits per heavy atom. The van der Waals surface area contributed by atoms with E-state index >= 15 is 0 Å². The second-order valence-corrected chi connectivity index (χ2v) is 8.69. The number of nitrogens with zero attached hydrogens (tertiary/aromatic N) is 5. The van der Waals surface area contributed by atoms with Crippen molar-refractivity contribution in [3.8, 4) is 11.3 Å². The molecule has 162 valence electrons. The fourth-order valence-electron chi connectivity index (χ4n) is 4.07. The number of morpholine rings is 1. The predicted octanol–water partition coefficient (Wildman–Crippen LogP) is 5.06. The number of rotatable bonds is 5. The van der Waals surface area contributed by atoms with Gasteiger partial charge in [-0.05, 0) is 49.2 Å². The highest BCUT2D eigenvalue weighted by molar-refractivity contribution is 6.30. The number of nitrogens with one attached hydrogen (secondary N) is 1. The van der Waals surface area contributed by atoms with Gasteiger partial charge in [-0.1, -0.05) is 17.7 Å². The van der Waals surface area contributed by atoms with Gasteiger partial charge >= 0.3 is 0 Å². The van der Waals surface area contributed by atoms with Crippen molar-refractivity contribution in [3.05, 3.63) is 59.9 Å². The highest BCUT2D eigenvalue weighted by atomic mass is 35.5. The van der Waals surface area contributed by atoms with Crippen molar-refractivity contribution in [2.75, 3.05) is 36.5 Å². The summed E-state index contributed by atoms with van der Waals surface area (Å²) in [6, 6.07) is 16.6. The van der Waals surface area contributed by atoms with Crippen LogP contribution in [-0.4, -0.2) is 45.8 Å². The SMILES string of the molecule is Clc1ccc(Nc2cc(-c3ccc4c(c3)ncn4C3CC3)nc(N3CCOCC3)n2)cc1. The summed E-state index contributed by atoms with van der Waals surface area (Å²) >= 11 is 6.04. The molecule has 32 heavy (non-hydrogen) atoms. The second-order valence-electron chi connectivity index (χ2n) is 8.26. The Labute approximate surface area is 191 Å². The lowest BCUT2D eigenvalue weighted by Crippen LogP contribution is -2.37. The molecule has 1 saturated heterocycles. The Morgan fingerprint density at radius 1 is 0.969 bits per heavy atom. The normalized spacial score (nSPS) is 16.5. The smallest absolute Gasteiger partial charge is 0.228 e. The van der Waals surface area contributed by atoms with Crippen LogP contribution in [0, 0.1) is 0 Å². The summed E-state index contributed by atoms with van der Waals surface area (Å²) in [5.41, 5.74) is 4.98. The third-order valence-corrected chi connectivity index (χ3v) is 6.19. The molecule has 1 aliphatic heterocycles. The van der Waals surface area contributed by atoms with E-state index in [1.54, 1.807) is 0 Å². The van der Waals surface area contributed by atoms with Gasteiger partial charge in [-0.15, -0.1) is 0 Å². The van der Waals surface area contributed by atoms with E-state index in [1.807, 2.05) is 36.7 Å². The number of ether oxygens (including phenoxy) is 1. The Bertz CT molecular complexity index is 1260. The molecule has 3 heterocycles. The number of fused-ring (bicyclic) bond motifs is 1. The van der Waals surface area contributed by atoms with Gasteiger partial charge in [0.1, 0.15) is 5.82 Å². The van der Waals surface area contributed by atoms with E-state index in [4.69, 9.17) is 26.3 Å². The molecule has 1 aliphatic carbocycles. The van der Waals surface area contributed by atoms with E-state index in [0.29, 0.717) is 30.2 Å². The molecule has 0 unspecified atom stereocenters. The zero-order chi connectivity index (χ0) is 21.5. The molecule has 6 rings (SSSR count). The van der Waals surface area contributed by atoms with Crippen LogP contribution in [0.3, 0.4) is 0 Å². The highest BCUT2D eigenvalue weighted by Crippen LogP contribution is 2.37. The molecule has 4 aromatic rings. The zero-order valence-electron chi connectivity index (χ0n) is 17.5. The van der Waals surface area contributed by atoms with Crippen LogP contribution in [0.25, 0.3) is 22.3 Å². The molecule has 0 atom stereocenters. The van der Waals surface area contributed by atoms with Crippen LogP contribution < -0.4 is 10.2 Å². The van der Waals surface area contributed by atoms with Crippen LogP contribution in [0.1, 0.15) is 18.9 Å². The fourth-order valence-corrected chi connectivity index (χ4v) is 4.19. The molecule has 2 fully saturated rings. The topological polar surface area (TPSA) is 68.1 Å². The van der Waals surface area contributed by atoms with Crippen molar-refractivity contribution in [2.24, 2.45) is 0 Å². The number of aromatic nitrogens is 4. The molecular weight excluding hydrogens is 424 g/mol. The molecule has 2 aliphatic rings. The minimum absolute atomic E-state index is 0.605.